The SMILES string of the molecule is C=C(CC)C(C(=C)C[C@@](C)(CCC)CCC1=CCCC=C1)[C@H](CC)c1cccc([N+](=O)[O-])c1.CC.CC. The van der Waals surface area contributed by atoms with Crippen LogP contribution < -0.4 is 0 Å². The minimum atomic E-state index is -0.304. The van der Waals surface area contributed by atoms with Crippen molar-refractivity contribution in [1.29, 1.82) is 0 Å². The summed E-state index contributed by atoms with van der Waals surface area (Å²) in [5.74, 6) is 0.284. The number of nitro benzene ring substituents is 1. The van der Waals surface area contributed by atoms with Gasteiger partial charge in [0.05, 0.1) is 4.92 Å². The number of benzene rings is 1. The van der Waals surface area contributed by atoms with Crippen LogP contribution >= 0.6 is 0 Å². The minimum absolute atomic E-state index is 0.131. The fraction of sp³-hybridized carbons (Fsp3) is 0.588. The average Bonchev–Trinajstić information content (AvgIpc) is 2.93. The summed E-state index contributed by atoms with van der Waals surface area (Å²) in [6.45, 7) is 26.0. The predicted molar refractivity (Wildman–Crippen MR) is 164 cm³/mol. The van der Waals surface area contributed by atoms with E-state index in [-0.39, 0.29) is 27.9 Å². The van der Waals surface area contributed by atoms with E-state index in [1.807, 2.05) is 33.8 Å². The third-order valence-electron chi connectivity index (χ3n) is 7.28. The van der Waals surface area contributed by atoms with Crippen molar-refractivity contribution >= 4 is 5.69 Å². The molecule has 1 aromatic carbocycles. The molecule has 1 aliphatic carbocycles. The van der Waals surface area contributed by atoms with Crippen LogP contribution in [0.3, 0.4) is 0 Å². The molecule has 0 aliphatic heterocycles. The third-order valence-corrected chi connectivity index (χ3v) is 7.28. The molecule has 0 N–H and O–H groups in total. The highest BCUT2D eigenvalue weighted by Crippen LogP contribution is 2.45. The molecular weight excluding hydrogens is 454 g/mol. The van der Waals surface area contributed by atoms with Crippen molar-refractivity contribution in [1.82, 2.24) is 0 Å². The van der Waals surface area contributed by atoms with Crippen molar-refractivity contribution < 1.29 is 4.92 Å². The quantitative estimate of drug-likeness (QED) is 0.142. The van der Waals surface area contributed by atoms with E-state index < -0.39 is 0 Å². The monoisotopic (exact) mass is 509 g/mol. The van der Waals surface area contributed by atoms with Gasteiger partial charge in [-0.15, -0.1) is 0 Å². The summed E-state index contributed by atoms with van der Waals surface area (Å²) in [6.07, 6.45) is 16.6. The molecule has 3 atom stereocenters. The molecule has 0 heterocycles. The Bertz CT molecular complexity index is 895. The van der Waals surface area contributed by atoms with Crippen LogP contribution in [-0.4, -0.2) is 4.92 Å². The molecule has 1 unspecified atom stereocenters. The van der Waals surface area contributed by atoms with E-state index in [1.54, 1.807) is 18.2 Å². The summed E-state index contributed by atoms with van der Waals surface area (Å²) in [6, 6.07) is 7.14. The van der Waals surface area contributed by atoms with E-state index >= 15 is 0 Å². The highest BCUT2D eigenvalue weighted by atomic mass is 16.6. The molecule has 1 aliphatic rings. The standard InChI is InChI=1S/C30H43NO2.2C2H6/c1-7-19-30(6,20-18-25-14-11-10-12-15-25)22-24(5)29(23(4)8-2)28(9-3)26-16-13-17-27(21-26)31(32)33;2*1-2/h11,13-17,21,28-29H,4-5,7-10,12,18-20,22H2,1-3,6H3;2*1-2H3/t28-,29?,30+;;/m1../s1. The van der Waals surface area contributed by atoms with Crippen molar-refractivity contribution in [2.24, 2.45) is 11.3 Å². The Labute approximate surface area is 229 Å². The van der Waals surface area contributed by atoms with Crippen LogP contribution in [-0.2, 0) is 0 Å². The number of hydrogen-bond donors (Lipinski definition) is 0. The predicted octanol–water partition coefficient (Wildman–Crippen LogP) is 11.5. The first-order chi connectivity index (χ1) is 17.7. The highest BCUT2D eigenvalue weighted by molar-refractivity contribution is 5.38. The number of nitrogens with zero attached hydrogens (tertiary/aromatic N) is 1. The Hall–Kier alpha value is -2.42. The lowest BCUT2D eigenvalue weighted by Gasteiger charge is -2.36. The Morgan fingerprint density at radius 1 is 1.05 bits per heavy atom. The molecular formula is C34H55NO2. The molecule has 0 saturated heterocycles. The second-order valence-electron chi connectivity index (χ2n) is 10.0. The zero-order valence-corrected chi connectivity index (χ0v) is 25.2. The second-order valence-corrected chi connectivity index (χ2v) is 10.0. The van der Waals surface area contributed by atoms with Crippen molar-refractivity contribution in [3.05, 3.63) is 88.0 Å². The molecule has 37 heavy (non-hydrogen) atoms. The first kappa shape index (κ1) is 34.6. The van der Waals surface area contributed by atoms with Crippen molar-refractivity contribution in [2.45, 2.75) is 119 Å². The number of rotatable bonds is 14. The normalized spacial score (nSPS) is 15.5. The van der Waals surface area contributed by atoms with Crippen molar-refractivity contribution in [2.75, 3.05) is 0 Å². The first-order valence-electron chi connectivity index (χ1n) is 14.7. The summed E-state index contributed by atoms with van der Waals surface area (Å²) in [5.41, 5.74) is 5.22. The lowest BCUT2D eigenvalue weighted by molar-refractivity contribution is -0.384. The molecule has 0 amide bonds. The number of nitro groups is 1. The minimum Gasteiger partial charge on any atom is -0.258 e. The van der Waals surface area contributed by atoms with Gasteiger partial charge in [-0.05, 0) is 68.3 Å². The Morgan fingerprint density at radius 3 is 2.24 bits per heavy atom. The molecule has 3 heteroatoms. The van der Waals surface area contributed by atoms with Gasteiger partial charge < -0.3 is 0 Å². The van der Waals surface area contributed by atoms with Crippen molar-refractivity contribution in [3.63, 3.8) is 0 Å². The molecule has 0 radical (unpaired) electrons. The van der Waals surface area contributed by atoms with Crippen molar-refractivity contribution in [3.8, 4) is 0 Å². The van der Waals surface area contributed by atoms with Gasteiger partial charge >= 0.3 is 0 Å². The van der Waals surface area contributed by atoms with Crippen LogP contribution in [0.25, 0.3) is 0 Å². The number of allylic oxidation sites excluding steroid dienone is 6. The molecule has 0 aromatic heterocycles. The topological polar surface area (TPSA) is 43.1 Å². The molecule has 208 valence electrons. The smallest absolute Gasteiger partial charge is 0.258 e. The number of hydrogen-bond acceptors (Lipinski definition) is 2. The van der Waals surface area contributed by atoms with Crippen LogP contribution in [0, 0.1) is 21.4 Å². The largest absolute Gasteiger partial charge is 0.269 e. The molecule has 0 spiro atoms. The highest BCUT2D eigenvalue weighted by Gasteiger charge is 2.32. The molecule has 2 rings (SSSR count). The summed E-state index contributed by atoms with van der Waals surface area (Å²) < 4.78 is 0. The van der Waals surface area contributed by atoms with E-state index in [2.05, 4.69) is 59.1 Å². The molecule has 0 bridgehead atoms. The van der Waals surface area contributed by atoms with E-state index in [4.69, 9.17) is 0 Å². The number of non-ortho nitro benzene ring substituents is 1. The van der Waals surface area contributed by atoms with E-state index in [1.165, 1.54) is 23.1 Å². The van der Waals surface area contributed by atoms with Crippen LogP contribution in [0.15, 0.2) is 72.4 Å². The average molecular weight is 510 g/mol. The maximum absolute atomic E-state index is 11.4. The molecule has 0 fully saturated rings. The lowest BCUT2D eigenvalue weighted by atomic mass is 9.68. The zero-order chi connectivity index (χ0) is 28.4. The van der Waals surface area contributed by atoms with Crippen LogP contribution in [0.5, 0.6) is 0 Å². The lowest BCUT2D eigenvalue weighted by Crippen LogP contribution is -2.23. The summed E-state index contributed by atoms with van der Waals surface area (Å²) in [7, 11) is 0. The fourth-order valence-corrected chi connectivity index (χ4v) is 5.47. The van der Waals surface area contributed by atoms with Gasteiger partial charge in [0.2, 0.25) is 0 Å². The molecule has 0 saturated carbocycles. The maximum Gasteiger partial charge on any atom is 0.269 e. The van der Waals surface area contributed by atoms with E-state index in [0.29, 0.717) is 0 Å². The van der Waals surface area contributed by atoms with E-state index in [0.717, 1.165) is 56.9 Å². The maximum atomic E-state index is 11.4. The Kier molecular flexibility index (Phi) is 17.5. The van der Waals surface area contributed by atoms with Gasteiger partial charge in [0.15, 0.2) is 0 Å². The second kappa shape index (κ2) is 18.8. The molecule has 3 nitrogen and oxygen atoms in total. The van der Waals surface area contributed by atoms with Gasteiger partial charge in [-0.3, -0.25) is 10.1 Å². The third kappa shape index (κ3) is 11.2. The fourth-order valence-electron chi connectivity index (χ4n) is 5.47. The van der Waals surface area contributed by atoms with Gasteiger partial charge in [0.25, 0.3) is 5.69 Å². The summed E-state index contributed by atoms with van der Waals surface area (Å²) in [4.78, 5) is 11.1. The summed E-state index contributed by atoms with van der Waals surface area (Å²) >= 11 is 0. The van der Waals surface area contributed by atoms with Gasteiger partial charge in [0.1, 0.15) is 0 Å². The van der Waals surface area contributed by atoms with Gasteiger partial charge in [0, 0.05) is 18.1 Å². The van der Waals surface area contributed by atoms with Crippen LogP contribution in [0.1, 0.15) is 125 Å². The Balaban J connectivity index is 0.00000308. The van der Waals surface area contributed by atoms with Gasteiger partial charge in [-0.25, -0.2) is 0 Å². The summed E-state index contributed by atoms with van der Waals surface area (Å²) in [5, 5.41) is 11.4. The first-order valence-corrected chi connectivity index (χ1v) is 14.7. The van der Waals surface area contributed by atoms with Gasteiger partial charge in [-0.2, -0.15) is 0 Å². The zero-order valence-electron chi connectivity index (χ0n) is 25.2. The Morgan fingerprint density at radius 2 is 1.73 bits per heavy atom. The van der Waals surface area contributed by atoms with E-state index in [9.17, 15) is 10.1 Å². The molecule has 1 aromatic rings. The van der Waals surface area contributed by atoms with Crippen LogP contribution in [0.4, 0.5) is 5.69 Å². The van der Waals surface area contributed by atoms with Crippen LogP contribution in [0.2, 0.25) is 0 Å². The van der Waals surface area contributed by atoms with Gasteiger partial charge in [-0.1, -0.05) is 122 Å².